The van der Waals surface area contributed by atoms with Crippen molar-refractivity contribution in [2.75, 3.05) is 24.6 Å². The van der Waals surface area contributed by atoms with Crippen LogP contribution in [0.15, 0.2) is 35.8 Å². The van der Waals surface area contributed by atoms with Gasteiger partial charge in [-0.25, -0.2) is 4.98 Å². The van der Waals surface area contributed by atoms with E-state index < -0.39 is 0 Å². The van der Waals surface area contributed by atoms with E-state index in [2.05, 4.69) is 15.2 Å². The highest BCUT2D eigenvalue weighted by molar-refractivity contribution is 7.13. The Morgan fingerprint density at radius 3 is 3.14 bits per heavy atom. The van der Waals surface area contributed by atoms with E-state index in [4.69, 9.17) is 4.74 Å². The number of ether oxygens (including phenoxy) is 1. The molecule has 1 fully saturated rings. The summed E-state index contributed by atoms with van der Waals surface area (Å²) < 4.78 is 5.57. The lowest BCUT2D eigenvalue weighted by atomic mass is 10.2. The lowest BCUT2D eigenvalue weighted by molar-refractivity contribution is -0.123. The van der Waals surface area contributed by atoms with Gasteiger partial charge in [-0.15, -0.1) is 11.3 Å². The van der Waals surface area contributed by atoms with Crippen LogP contribution < -0.4 is 15.0 Å². The van der Waals surface area contributed by atoms with Crippen molar-refractivity contribution in [2.45, 2.75) is 19.4 Å². The molecule has 22 heavy (non-hydrogen) atoms. The van der Waals surface area contributed by atoms with Crippen molar-refractivity contribution in [1.29, 1.82) is 0 Å². The van der Waals surface area contributed by atoms with Crippen LogP contribution in [0.1, 0.15) is 12.0 Å². The number of amides is 1. The molecule has 1 atom stereocenters. The number of nitrogens with zero attached hydrogens (tertiary/aromatic N) is 2. The molecule has 1 unspecified atom stereocenters. The normalized spacial score (nSPS) is 17.5. The molecule has 1 amide bonds. The van der Waals surface area contributed by atoms with Crippen LogP contribution in [0, 0.1) is 6.92 Å². The number of aryl methyl sites for hydroxylation is 1. The molecule has 0 radical (unpaired) electrons. The standard InChI is InChI=1S/C16H19N3O2S/c1-12-4-2-3-5-14(12)21-11-15(20)18-13-6-8-19(10-13)16-17-7-9-22-16/h2-5,7,9,13H,6,8,10-11H2,1H3,(H,18,20). The predicted molar refractivity (Wildman–Crippen MR) is 87.5 cm³/mol. The first kappa shape index (κ1) is 14.8. The zero-order valence-corrected chi connectivity index (χ0v) is 13.3. The van der Waals surface area contributed by atoms with Gasteiger partial charge in [-0.2, -0.15) is 0 Å². The van der Waals surface area contributed by atoms with E-state index in [0.717, 1.165) is 36.0 Å². The van der Waals surface area contributed by atoms with Gasteiger partial charge in [0.25, 0.3) is 5.91 Å². The van der Waals surface area contributed by atoms with E-state index in [1.807, 2.05) is 42.8 Å². The third-order valence-corrected chi connectivity index (χ3v) is 4.53. The van der Waals surface area contributed by atoms with E-state index in [9.17, 15) is 4.79 Å². The molecule has 1 aliphatic rings. The number of rotatable bonds is 5. The topological polar surface area (TPSA) is 54.5 Å². The van der Waals surface area contributed by atoms with E-state index in [1.165, 1.54) is 0 Å². The van der Waals surface area contributed by atoms with Crippen molar-refractivity contribution in [3.63, 3.8) is 0 Å². The average Bonchev–Trinajstić information content (AvgIpc) is 3.17. The molecule has 5 nitrogen and oxygen atoms in total. The SMILES string of the molecule is Cc1ccccc1OCC(=O)NC1CCN(c2nccs2)C1. The second-order valence-corrected chi connectivity index (χ2v) is 6.24. The predicted octanol–water partition coefficient (Wildman–Crippen LogP) is 2.23. The molecular formula is C16H19N3O2S. The number of nitrogens with one attached hydrogen (secondary N) is 1. The molecule has 2 heterocycles. The van der Waals surface area contributed by atoms with Gasteiger partial charge in [0, 0.05) is 30.7 Å². The Morgan fingerprint density at radius 2 is 2.36 bits per heavy atom. The summed E-state index contributed by atoms with van der Waals surface area (Å²) in [5, 5.41) is 6.02. The van der Waals surface area contributed by atoms with Crippen LogP contribution in [0.3, 0.4) is 0 Å². The Kier molecular flexibility index (Phi) is 4.58. The Morgan fingerprint density at radius 1 is 1.50 bits per heavy atom. The smallest absolute Gasteiger partial charge is 0.258 e. The van der Waals surface area contributed by atoms with Gasteiger partial charge in [0.05, 0.1) is 0 Å². The molecule has 1 aromatic carbocycles. The Balaban J connectivity index is 1.46. The second kappa shape index (κ2) is 6.79. The van der Waals surface area contributed by atoms with Crippen LogP contribution in [0.5, 0.6) is 5.75 Å². The van der Waals surface area contributed by atoms with Gasteiger partial charge >= 0.3 is 0 Å². The van der Waals surface area contributed by atoms with Crippen LogP contribution >= 0.6 is 11.3 Å². The van der Waals surface area contributed by atoms with Crippen molar-refractivity contribution >= 4 is 22.4 Å². The van der Waals surface area contributed by atoms with Gasteiger partial charge in [0.1, 0.15) is 5.75 Å². The van der Waals surface area contributed by atoms with Crippen LogP contribution in [0.25, 0.3) is 0 Å². The van der Waals surface area contributed by atoms with Crippen molar-refractivity contribution < 1.29 is 9.53 Å². The molecule has 3 rings (SSSR count). The van der Waals surface area contributed by atoms with Crippen molar-refractivity contribution in [2.24, 2.45) is 0 Å². The largest absolute Gasteiger partial charge is 0.484 e. The molecule has 0 spiro atoms. The summed E-state index contributed by atoms with van der Waals surface area (Å²) in [6.07, 6.45) is 2.75. The fraction of sp³-hybridized carbons (Fsp3) is 0.375. The highest BCUT2D eigenvalue weighted by atomic mass is 32.1. The molecule has 2 aromatic rings. The molecule has 116 valence electrons. The summed E-state index contributed by atoms with van der Waals surface area (Å²) in [5.74, 6) is 0.683. The maximum absolute atomic E-state index is 12.0. The van der Waals surface area contributed by atoms with Gasteiger partial charge in [-0.3, -0.25) is 4.79 Å². The highest BCUT2D eigenvalue weighted by Crippen LogP contribution is 2.22. The van der Waals surface area contributed by atoms with Crippen molar-refractivity contribution in [3.8, 4) is 5.75 Å². The lowest BCUT2D eigenvalue weighted by Gasteiger charge is -2.16. The van der Waals surface area contributed by atoms with Crippen LogP contribution in [0.2, 0.25) is 0 Å². The maximum atomic E-state index is 12.0. The van der Waals surface area contributed by atoms with E-state index in [0.29, 0.717) is 0 Å². The number of carbonyl (C=O) groups is 1. The first-order valence-electron chi connectivity index (χ1n) is 7.34. The van der Waals surface area contributed by atoms with Crippen LogP contribution in [0.4, 0.5) is 5.13 Å². The summed E-state index contributed by atoms with van der Waals surface area (Å²) in [5.41, 5.74) is 1.03. The van der Waals surface area contributed by atoms with Crippen LogP contribution in [-0.2, 0) is 4.79 Å². The summed E-state index contributed by atoms with van der Waals surface area (Å²) in [7, 11) is 0. The molecule has 1 N–H and O–H groups in total. The third-order valence-electron chi connectivity index (χ3n) is 3.70. The van der Waals surface area contributed by atoms with Gasteiger partial charge < -0.3 is 15.0 Å². The molecule has 1 saturated heterocycles. The molecule has 0 saturated carbocycles. The van der Waals surface area contributed by atoms with Gasteiger partial charge in [-0.1, -0.05) is 18.2 Å². The summed E-state index contributed by atoms with van der Waals surface area (Å²) in [6, 6.07) is 7.87. The number of hydrogen-bond donors (Lipinski definition) is 1. The van der Waals surface area contributed by atoms with Gasteiger partial charge in [-0.05, 0) is 25.0 Å². The fourth-order valence-electron chi connectivity index (χ4n) is 2.55. The Hall–Kier alpha value is -2.08. The lowest BCUT2D eigenvalue weighted by Crippen LogP contribution is -2.39. The second-order valence-electron chi connectivity index (χ2n) is 5.37. The highest BCUT2D eigenvalue weighted by Gasteiger charge is 2.25. The minimum absolute atomic E-state index is 0.0542. The van der Waals surface area contributed by atoms with Gasteiger partial charge in [0.2, 0.25) is 0 Å². The third kappa shape index (κ3) is 3.57. The number of aromatic nitrogens is 1. The zero-order valence-electron chi connectivity index (χ0n) is 12.5. The summed E-state index contributed by atoms with van der Waals surface area (Å²) in [4.78, 5) is 18.5. The number of hydrogen-bond acceptors (Lipinski definition) is 5. The fourth-order valence-corrected chi connectivity index (χ4v) is 3.23. The first-order valence-corrected chi connectivity index (χ1v) is 8.22. The van der Waals surface area contributed by atoms with E-state index in [-0.39, 0.29) is 18.6 Å². The molecule has 6 heteroatoms. The molecular weight excluding hydrogens is 298 g/mol. The van der Waals surface area contributed by atoms with E-state index >= 15 is 0 Å². The number of benzene rings is 1. The number of thiazole rings is 1. The quantitative estimate of drug-likeness (QED) is 0.919. The zero-order chi connectivity index (χ0) is 15.4. The van der Waals surface area contributed by atoms with Crippen molar-refractivity contribution in [3.05, 3.63) is 41.4 Å². The average molecular weight is 317 g/mol. The molecule has 1 aromatic heterocycles. The molecule has 1 aliphatic heterocycles. The number of carbonyl (C=O) groups excluding carboxylic acids is 1. The number of para-hydroxylation sites is 1. The minimum Gasteiger partial charge on any atom is -0.484 e. The van der Waals surface area contributed by atoms with Gasteiger partial charge in [0.15, 0.2) is 11.7 Å². The minimum atomic E-state index is -0.0748. The maximum Gasteiger partial charge on any atom is 0.258 e. The van der Waals surface area contributed by atoms with E-state index in [1.54, 1.807) is 11.3 Å². The summed E-state index contributed by atoms with van der Waals surface area (Å²) in [6.45, 7) is 3.76. The van der Waals surface area contributed by atoms with Crippen LogP contribution in [-0.4, -0.2) is 36.6 Å². The Labute approximate surface area is 133 Å². The monoisotopic (exact) mass is 317 g/mol. The summed E-state index contributed by atoms with van der Waals surface area (Å²) >= 11 is 1.63. The number of anilines is 1. The van der Waals surface area contributed by atoms with Crippen molar-refractivity contribution in [1.82, 2.24) is 10.3 Å². The molecule has 0 aliphatic carbocycles. The Bertz CT molecular complexity index is 630. The first-order chi connectivity index (χ1) is 10.7. The molecule has 0 bridgehead atoms.